The zero-order valence-corrected chi connectivity index (χ0v) is 21.6. The van der Waals surface area contributed by atoms with Crippen LogP contribution in [0.15, 0.2) is 97.2 Å². The molecule has 1 amide bonds. The number of rotatable bonds is 7. The van der Waals surface area contributed by atoms with Crippen molar-refractivity contribution in [2.45, 2.75) is 19.0 Å². The summed E-state index contributed by atoms with van der Waals surface area (Å²) in [6.07, 6.45) is 5.59. The first kappa shape index (κ1) is 25.0. The van der Waals surface area contributed by atoms with Crippen molar-refractivity contribution in [3.63, 3.8) is 0 Å². The van der Waals surface area contributed by atoms with E-state index in [2.05, 4.69) is 0 Å². The maximum absolute atomic E-state index is 13.5. The van der Waals surface area contributed by atoms with Gasteiger partial charge in [-0.05, 0) is 42.3 Å². The highest BCUT2D eigenvalue weighted by atomic mass is 35.5. The fourth-order valence-corrected chi connectivity index (χ4v) is 6.35. The van der Waals surface area contributed by atoms with Gasteiger partial charge in [-0.15, -0.1) is 0 Å². The topological polar surface area (TPSA) is 72.3 Å². The first-order valence-corrected chi connectivity index (χ1v) is 14.2. The van der Waals surface area contributed by atoms with Gasteiger partial charge < -0.3 is 4.90 Å². The molecule has 5 rings (SSSR count). The van der Waals surface area contributed by atoms with E-state index in [4.69, 9.17) is 16.7 Å². The van der Waals surface area contributed by atoms with Crippen molar-refractivity contribution in [1.82, 2.24) is 14.7 Å². The molecule has 6 nitrogen and oxygen atoms in total. The third-order valence-corrected chi connectivity index (χ3v) is 8.42. The molecular weight excluding hydrogens is 506 g/mol. The summed E-state index contributed by atoms with van der Waals surface area (Å²) in [4.78, 5) is 15.1. The van der Waals surface area contributed by atoms with Gasteiger partial charge in [-0.25, -0.2) is 13.1 Å². The summed E-state index contributed by atoms with van der Waals surface area (Å²) in [5, 5.41) is 5.40. The first-order chi connectivity index (χ1) is 17.9. The monoisotopic (exact) mass is 531 g/mol. The number of carbonyl (C=O) groups is 1. The van der Waals surface area contributed by atoms with Gasteiger partial charge in [-0.1, -0.05) is 72.3 Å². The van der Waals surface area contributed by atoms with E-state index in [1.54, 1.807) is 27.8 Å². The minimum atomic E-state index is -3.16. The lowest BCUT2D eigenvalue weighted by molar-refractivity contribution is -0.128. The Morgan fingerprint density at radius 1 is 1.00 bits per heavy atom. The molecule has 1 atom stereocenters. The Morgan fingerprint density at radius 2 is 1.68 bits per heavy atom. The minimum Gasteiger partial charge on any atom is -0.331 e. The number of carbonyl (C=O) groups excluding carboxylic acids is 1. The van der Waals surface area contributed by atoms with Crippen molar-refractivity contribution in [2.24, 2.45) is 0 Å². The summed E-state index contributed by atoms with van der Waals surface area (Å²) >= 11 is 6.03. The highest BCUT2D eigenvalue weighted by Crippen LogP contribution is 2.26. The predicted octanol–water partition coefficient (Wildman–Crippen LogP) is 5.42. The normalized spacial score (nSPS) is 16.7. The van der Waals surface area contributed by atoms with Crippen LogP contribution in [0.4, 0.5) is 0 Å². The van der Waals surface area contributed by atoms with Crippen LogP contribution in [-0.4, -0.2) is 46.6 Å². The molecule has 0 N–H and O–H groups in total. The zero-order valence-electron chi connectivity index (χ0n) is 20.1. The Morgan fingerprint density at radius 3 is 2.32 bits per heavy atom. The SMILES string of the molecule is O=C(/C=C/c1cn(-c2ccccc2)nc1-c1ccccc1)N(Cc1ccc(Cl)cc1)C1CCS(=O)(=O)C1. The molecule has 8 heteroatoms. The highest BCUT2D eigenvalue weighted by molar-refractivity contribution is 7.91. The van der Waals surface area contributed by atoms with E-state index in [1.165, 1.54) is 6.08 Å². The van der Waals surface area contributed by atoms with E-state index >= 15 is 0 Å². The second kappa shape index (κ2) is 10.7. The van der Waals surface area contributed by atoms with Gasteiger partial charge in [-0.2, -0.15) is 5.10 Å². The zero-order chi connectivity index (χ0) is 25.8. The maximum atomic E-state index is 13.5. The molecule has 0 saturated carbocycles. The van der Waals surface area contributed by atoms with Crippen LogP contribution >= 0.6 is 11.6 Å². The smallest absolute Gasteiger partial charge is 0.247 e. The standard InChI is InChI=1S/C29H26ClN3O3S/c30-25-14-11-22(12-15-25)19-32(27-17-18-37(35,36)21-27)28(34)16-13-24-20-33(26-9-5-2-6-10-26)31-29(24)23-7-3-1-4-8-23/h1-16,20,27H,17-19,21H2/b16-13+. The average Bonchev–Trinajstić information content (AvgIpc) is 3.51. The van der Waals surface area contributed by atoms with E-state index in [1.807, 2.05) is 79.0 Å². The summed E-state index contributed by atoms with van der Waals surface area (Å²) in [6, 6.07) is 26.4. The average molecular weight is 532 g/mol. The Bertz CT molecular complexity index is 1520. The van der Waals surface area contributed by atoms with Crippen LogP contribution in [0.2, 0.25) is 5.02 Å². The first-order valence-electron chi connectivity index (χ1n) is 12.0. The van der Waals surface area contributed by atoms with Gasteiger partial charge in [0.25, 0.3) is 0 Å². The third-order valence-electron chi connectivity index (χ3n) is 6.41. The molecule has 0 aliphatic carbocycles. The number of nitrogens with zero attached hydrogens (tertiary/aromatic N) is 3. The lowest BCUT2D eigenvalue weighted by Crippen LogP contribution is -2.39. The lowest BCUT2D eigenvalue weighted by Gasteiger charge is -2.27. The van der Waals surface area contributed by atoms with Crippen molar-refractivity contribution in [1.29, 1.82) is 0 Å². The second-order valence-electron chi connectivity index (χ2n) is 9.06. The molecule has 0 radical (unpaired) electrons. The van der Waals surface area contributed by atoms with Gasteiger partial charge in [0.1, 0.15) is 0 Å². The van der Waals surface area contributed by atoms with E-state index < -0.39 is 9.84 Å². The summed E-state index contributed by atoms with van der Waals surface area (Å²) in [7, 11) is -3.16. The lowest BCUT2D eigenvalue weighted by atomic mass is 10.1. The van der Waals surface area contributed by atoms with E-state index in [-0.39, 0.29) is 23.5 Å². The molecule has 0 spiro atoms. The Balaban J connectivity index is 1.47. The number of sulfone groups is 1. The van der Waals surface area contributed by atoms with Gasteiger partial charge in [0.05, 0.1) is 22.9 Å². The fourth-order valence-electron chi connectivity index (χ4n) is 4.49. The number of halogens is 1. The number of benzene rings is 3. The summed E-state index contributed by atoms with van der Waals surface area (Å²) < 4.78 is 26.2. The Hall–Kier alpha value is -3.68. The third kappa shape index (κ3) is 6.01. The van der Waals surface area contributed by atoms with Gasteiger partial charge in [-0.3, -0.25) is 4.79 Å². The van der Waals surface area contributed by atoms with Gasteiger partial charge >= 0.3 is 0 Å². The molecule has 3 aromatic carbocycles. The number of hydrogen-bond acceptors (Lipinski definition) is 4. The molecule has 1 aliphatic heterocycles. The van der Waals surface area contributed by atoms with Crippen molar-refractivity contribution < 1.29 is 13.2 Å². The largest absolute Gasteiger partial charge is 0.331 e. The van der Waals surface area contributed by atoms with Crippen LogP contribution in [0.3, 0.4) is 0 Å². The van der Waals surface area contributed by atoms with Crippen LogP contribution < -0.4 is 0 Å². The molecule has 1 fully saturated rings. The van der Waals surface area contributed by atoms with Crippen LogP contribution in [0, 0.1) is 0 Å². The van der Waals surface area contributed by atoms with Gasteiger partial charge in [0.2, 0.25) is 5.91 Å². The maximum Gasteiger partial charge on any atom is 0.247 e. The van der Waals surface area contributed by atoms with E-state index in [9.17, 15) is 13.2 Å². The van der Waals surface area contributed by atoms with E-state index in [0.717, 1.165) is 28.1 Å². The summed E-state index contributed by atoms with van der Waals surface area (Å²) in [6.45, 7) is 0.301. The van der Waals surface area contributed by atoms with Crippen LogP contribution in [0.25, 0.3) is 23.0 Å². The van der Waals surface area contributed by atoms with Crippen molar-refractivity contribution >= 4 is 33.4 Å². The molecular formula is C29H26ClN3O3S. The molecule has 1 aliphatic rings. The minimum absolute atomic E-state index is 0.0264. The molecule has 1 aromatic heterocycles. The summed E-state index contributed by atoms with van der Waals surface area (Å²) in [5.74, 6) is -0.182. The molecule has 2 heterocycles. The quantitative estimate of drug-likeness (QED) is 0.298. The number of amides is 1. The van der Waals surface area contributed by atoms with Crippen molar-refractivity contribution in [3.05, 3.63) is 113 Å². The molecule has 37 heavy (non-hydrogen) atoms. The predicted molar refractivity (Wildman–Crippen MR) is 147 cm³/mol. The number of para-hydroxylation sites is 1. The number of aromatic nitrogens is 2. The second-order valence-corrected chi connectivity index (χ2v) is 11.7. The van der Waals surface area contributed by atoms with Gasteiger partial charge in [0, 0.05) is 41.0 Å². The molecule has 1 unspecified atom stereocenters. The van der Waals surface area contributed by atoms with E-state index in [0.29, 0.717) is 18.0 Å². The highest BCUT2D eigenvalue weighted by Gasteiger charge is 2.34. The Kier molecular flexibility index (Phi) is 7.26. The summed E-state index contributed by atoms with van der Waals surface area (Å²) in [5.41, 5.74) is 4.27. The van der Waals surface area contributed by atoms with Crippen LogP contribution in [-0.2, 0) is 21.2 Å². The molecule has 4 aromatic rings. The van der Waals surface area contributed by atoms with Crippen molar-refractivity contribution in [2.75, 3.05) is 11.5 Å². The number of hydrogen-bond donors (Lipinski definition) is 0. The van der Waals surface area contributed by atoms with Crippen molar-refractivity contribution in [3.8, 4) is 16.9 Å². The Labute approximate surface area is 221 Å². The van der Waals surface area contributed by atoms with Crippen LogP contribution in [0.1, 0.15) is 17.5 Å². The molecule has 0 bridgehead atoms. The molecule has 188 valence electrons. The van der Waals surface area contributed by atoms with Crippen LogP contribution in [0.5, 0.6) is 0 Å². The van der Waals surface area contributed by atoms with Gasteiger partial charge in [0.15, 0.2) is 9.84 Å². The fraction of sp³-hybridized carbons (Fsp3) is 0.172. The molecule has 1 saturated heterocycles.